The van der Waals surface area contributed by atoms with Crippen molar-refractivity contribution in [2.75, 3.05) is 11.5 Å². The maximum Gasteiger partial charge on any atom is 0.417 e. The van der Waals surface area contributed by atoms with Crippen molar-refractivity contribution in [1.82, 2.24) is 4.98 Å². The molecule has 5 nitrogen and oxygen atoms in total. The maximum absolute atomic E-state index is 13.2. The third kappa shape index (κ3) is 4.70. The summed E-state index contributed by atoms with van der Waals surface area (Å²) in [6, 6.07) is 14.7. The highest BCUT2D eigenvalue weighted by Gasteiger charge is 2.34. The zero-order valence-corrected chi connectivity index (χ0v) is 17.6. The number of ketones is 1. The highest BCUT2D eigenvalue weighted by atomic mass is 35.5. The number of Topliss-reactive ketones (excluding diaryl/α,β-unsaturated/α-hetero) is 1. The van der Waals surface area contributed by atoms with Gasteiger partial charge < -0.3 is 5.73 Å². The van der Waals surface area contributed by atoms with Gasteiger partial charge in [0.15, 0.2) is 5.78 Å². The SMILES string of the molecule is N#Cc1c(N)nc(SCC(=O)c2ccccc2C(F)(F)F)c(C#N)c1-c1cccc(Cl)c1. The molecule has 10 heteroatoms. The van der Waals surface area contributed by atoms with Gasteiger partial charge >= 0.3 is 6.18 Å². The zero-order valence-electron chi connectivity index (χ0n) is 16.1. The first kappa shape index (κ1) is 23.1. The summed E-state index contributed by atoms with van der Waals surface area (Å²) in [6.45, 7) is 0. The van der Waals surface area contributed by atoms with Gasteiger partial charge in [0.2, 0.25) is 0 Å². The lowest BCUT2D eigenvalue weighted by Gasteiger charge is -2.14. The molecule has 0 aliphatic heterocycles. The van der Waals surface area contributed by atoms with Crippen molar-refractivity contribution < 1.29 is 18.0 Å². The van der Waals surface area contributed by atoms with Crippen LogP contribution in [0.1, 0.15) is 27.0 Å². The Labute approximate surface area is 190 Å². The topological polar surface area (TPSA) is 104 Å². The van der Waals surface area contributed by atoms with Gasteiger partial charge in [-0.15, -0.1) is 0 Å². The first-order valence-corrected chi connectivity index (χ1v) is 10.3. The number of nitrogen functional groups attached to an aromatic ring is 1. The summed E-state index contributed by atoms with van der Waals surface area (Å²) in [4.78, 5) is 16.6. The van der Waals surface area contributed by atoms with Crippen molar-refractivity contribution in [3.63, 3.8) is 0 Å². The van der Waals surface area contributed by atoms with Crippen LogP contribution in [0.15, 0.2) is 53.6 Å². The van der Waals surface area contributed by atoms with Crippen LogP contribution in [0.5, 0.6) is 0 Å². The number of halogens is 4. The summed E-state index contributed by atoms with van der Waals surface area (Å²) >= 11 is 6.80. The molecule has 0 radical (unpaired) electrons. The van der Waals surface area contributed by atoms with E-state index < -0.39 is 28.8 Å². The molecular formula is C22H12ClF3N4OS. The van der Waals surface area contributed by atoms with Gasteiger partial charge in [0.1, 0.15) is 28.5 Å². The molecule has 0 unspecified atom stereocenters. The van der Waals surface area contributed by atoms with Gasteiger partial charge in [-0.05, 0) is 23.8 Å². The van der Waals surface area contributed by atoms with Crippen molar-refractivity contribution in [2.24, 2.45) is 0 Å². The number of carbonyl (C=O) groups excluding carboxylic acids is 1. The van der Waals surface area contributed by atoms with E-state index in [4.69, 9.17) is 17.3 Å². The average Bonchev–Trinajstić information content (AvgIpc) is 2.76. The van der Waals surface area contributed by atoms with E-state index in [1.165, 1.54) is 18.2 Å². The summed E-state index contributed by atoms with van der Waals surface area (Å²) in [5.41, 5.74) is 4.94. The van der Waals surface area contributed by atoms with E-state index in [0.717, 1.165) is 23.9 Å². The second kappa shape index (κ2) is 9.31. The lowest BCUT2D eigenvalue weighted by atomic mass is 9.97. The Morgan fingerprint density at radius 3 is 2.41 bits per heavy atom. The average molecular weight is 473 g/mol. The highest BCUT2D eigenvalue weighted by molar-refractivity contribution is 8.00. The van der Waals surface area contributed by atoms with Crippen LogP contribution < -0.4 is 5.73 Å². The van der Waals surface area contributed by atoms with Crippen LogP contribution in [0, 0.1) is 22.7 Å². The van der Waals surface area contributed by atoms with Crippen molar-refractivity contribution >= 4 is 35.0 Å². The van der Waals surface area contributed by atoms with Crippen LogP contribution in [-0.2, 0) is 6.18 Å². The lowest BCUT2D eigenvalue weighted by Crippen LogP contribution is -2.14. The van der Waals surface area contributed by atoms with Crippen LogP contribution in [0.25, 0.3) is 11.1 Å². The van der Waals surface area contributed by atoms with Gasteiger partial charge in [-0.1, -0.05) is 53.7 Å². The number of nitriles is 2. The fourth-order valence-corrected chi connectivity index (χ4v) is 4.09. The number of pyridine rings is 1. The second-order valence-corrected chi connectivity index (χ2v) is 7.82. The van der Waals surface area contributed by atoms with E-state index in [-0.39, 0.29) is 27.5 Å². The Bertz CT molecular complexity index is 1300. The fraction of sp³-hybridized carbons (Fsp3) is 0.0909. The fourth-order valence-electron chi connectivity index (χ4n) is 3.02. The predicted octanol–water partition coefficient (Wildman–Crippen LogP) is 5.72. The molecule has 3 rings (SSSR count). The molecular weight excluding hydrogens is 461 g/mol. The molecule has 0 spiro atoms. The Morgan fingerprint density at radius 2 is 1.78 bits per heavy atom. The lowest BCUT2D eigenvalue weighted by molar-refractivity contribution is -0.137. The van der Waals surface area contributed by atoms with E-state index in [2.05, 4.69) is 4.98 Å². The van der Waals surface area contributed by atoms with Crippen molar-refractivity contribution in [1.29, 1.82) is 10.5 Å². The van der Waals surface area contributed by atoms with Gasteiger partial charge in [-0.25, -0.2) is 4.98 Å². The molecule has 160 valence electrons. The van der Waals surface area contributed by atoms with Gasteiger partial charge in [0.05, 0.1) is 16.9 Å². The number of thioether (sulfide) groups is 1. The smallest absolute Gasteiger partial charge is 0.383 e. The van der Waals surface area contributed by atoms with E-state index in [1.807, 2.05) is 12.1 Å². The molecule has 1 aromatic heterocycles. The number of anilines is 1. The molecule has 0 aliphatic carbocycles. The van der Waals surface area contributed by atoms with Crippen LogP contribution in [0.4, 0.5) is 19.0 Å². The minimum absolute atomic E-state index is 0.0248. The van der Waals surface area contributed by atoms with Crippen LogP contribution in [-0.4, -0.2) is 16.5 Å². The molecule has 0 saturated heterocycles. The van der Waals surface area contributed by atoms with Crippen LogP contribution in [0.3, 0.4) is 0 Å². The Kier molecular flexibility index (Phi) is 6.73. The monoisotopic (exact) mass is 472 g/mol. The standard InChI is InChI=1S/C22H12ClF3N4OS/c23-13-5-3-4-12(8-13)19-15(9-27)20(29)30-21(16(19)10-28)32-11-18(31)14-6-1-2-7-17(14)22(24,25)26/h1-8H,11H2,(H2,29,30). The number of benzene rings is 2. The summed E-state index contributed by atoms with van der Waals surface area (Å²) in [5.74, 6) is -1.39. The molecule has 0 fully saturated rings. The summed E-state index contributed by atoms with van der Waals surface area (Å²) in [5, 5.41) is 19.7. The Hall–Kier alpha value is -3.53. The number of carbonyl (C=O) groups is 1. The number of hydrogen-bond donors (Lipinski definition) is 1. The summed E-state index contributed by atoms with van der Waals surface area (Å²) in [7, 11) is 0. The third-order valence-electron chi connectivity index (χ3n) is 4.40. The van der Waals surface area contributed by atoms with Gasteiger partial charge in [0.25, 0.3) is 0 Å². The maximum atomic E-state index is 13.2. The number of nitrogens with zero attached hydrogens (tertiary/aromatic N) is 3. The number of alkyl halides is 3. The normalized spacial score (nSPS) is 10.9. The quantitative estimate of drug-likeness (QED) is 0.376. The highest BCUT2D eigenvalue weighted by Crippen LogP contribution is 2.37. The van der Waals surface area contributed by atoms with Crippen molar-refractivity contribution in [3.8, 4) is 23.3 Å². The number of hydrogen-bond acceptors (Lipinski definition) is 6. The van der Waals surface area contributed by atoms with E-state index in [0.29, 0.717) is 10.6 Å². The van der Waals surface area contributed by atoms with Gasteiger partial charge in [0, 0.05) is 16.1 Å². The summed E-state index contributed by atoms with van der Waals surface area (Å²) < 4.78 is 39.7. The third-order valence-corrected chi connectivity index (χ3v) is 5.61. The minimum atomic E-state index is -4.69. The molecule has 0 amide bonds. The Balaban J connectivity index is 2.03. The van der Waals surface area contributed by atoms with Crippen molar-refractivity contribution in [2.45, 2.75) is 11.2 Å². The Morgan fingerprint density at radius 1 is 1.09 bits per heavy atom. The first-order valence-electron chi connectivity index (χ1n) is 8.89. The molecule has 0 aliphatic rings. The van der Waals surface area contributed by atoms with Crippen molar-refractivity contribution in [3.05, 3.63) is 75.8 Å². The predicted molar refractivity (Wildman–Crippen MR) is 115 cm³/mol. The molecule has 0 bridgehead atoms. The molecule has 0 atom stereocenters. The first-order chi connectivity index (χ1) is 15.2. The molecule has 3 aromatic rings. The molecule has 0 saturated carbocycles. The minimum Gasteiger partial charge on any atom is -0.383 e. The summed E-state index contributed by atoms with van der Waals surface area (Å²) in [6.07, 6.45) is -4.69. The van der Waals surface area contributed by atoms with Gasteiger partial charge in [-0.3, -0.25) is 4.79 Å². The van der Waals surface area contributed by atoms with Crippen LogP contribution >= 0.6 is 23.4 Å². The molecule has 1 heterocycles. The second-order valence-electron chi connectivity index (χ2n) is 6.42. The number of nitrogens with two attached hydrogens (primary N) is 1. The number of aromatic nitrogens is 1. The largest absolute Gasteiger partial charge is 0.417 e. The molecule has 32 heavy (non-hydrogen) atoms. The van der Waals surface area contributed by atoms with E-state index >= 15 is 0 Å². The molecule has 2 aromatic carbocycles. The van der Waals surface area contributed by atoms with E-state index in [1.54, 1.807) is 18.2 Å². The van der Waals surface area contributed by atoms with E-state index in [9.17, 15) is 28.5 Å². The van der Waals surface area contributed by atoms with Crippen LogP contribution in [0.2, 0.25) is 5.02 Å². The zero-order chi connectivity index (χ0) is 23.5. The van der Waals surface area contributed by atoms with Gasteiger partial charge in [-0.2, -0.15) is 23.7 Å². The number of rotatable bonds is 5. The molecule has 2 N–H and O–H groups in total.